The Bertz CT molecular complexity index is 1160. The van der Waals surface area contributed by atoms with Crippen molar-refractivity contribution >= 4 is 18.2 Å². The van der Waals surface area contributed by atoms with Crippen LogP contribution in [-0.4, -0.2) is 77.4 Å². The van der Waals surface area contributed by atoms with Crippen LogP contribution in [0.1, 0.15) is 88.6 Å². The average molecular weight is 567 g/mol. The predicted molar refractivity (Wildman–Crippen MR) is 142 cm³/mol. The first kappa shape index (κ1) is 32.5. The number of rotatable bonds is 8. The first-order valence-corrected chi connectivity index (χ1v) is 13.1. The van der Waals surface area contributed by atoms with Gasteiger partial charge in [0.05, 0.1) is 11.7 Å². The summed E-state index contributed by atoms with van der Waals surface area (Å²) in [5.41, 5.74) is -2.70. The van der Waals surface area contributed by atoms with Gasteiger partial charge < -0.3 is 23.5 Å². The molecule has 2 aromatic heterocycles. The van der Waals surface area contributed by atoms with Crippen molar-refractivity contribution in [1.82, 2.24) is 30.3 Å². The molecule has 0 saturated carbocycles. The number of tetrazole rings is 1. The normalized spacial score (nSPS) is 13.1. The first-order chi connectivity index (χ1) is 18.2. The van der Waals surface area contributed by atoms with Crippen molar-refractivity contribution in [3.8, 4) is 17.5 Å². The molecule has 14 heteroatoms. The van der Waals surface area contributed by atoms with Gasteiger partial charge in [-0.25, -0.2) is 19.1 Å². The van der Waals surface area contributed by atoms with E-state index < -0.39 is 41.0 Å². The third-order valence-corrected chi connectivity index (χ3v) is 4.70. The number of esters is 1. The van der Waals surface area contributed by atoms with Crippen LogP contribution in [0, 0.1) is 0 Å². The molecule has 0 aromatic carbocycles. The zero-order valence-electron chi connectivity index (χ0n) is 25.5. The second-order valence-corrected chi connectivity index (χ2v) is 12.4. The summed E-state index contributed by atoms with van der Waals surface area (Å²) in [6.07, 6.45) is -2.85. The molecular weight excluding hydrogens is 524 g/mol. The van der Waals surface area contributed by atoms with E-state index in [1.807, 2.05) is 6.92 Å². The Morgan fingerprint density at radius 1 is 0.900 bits per heavy atom. The van der Waals surface area contributed by atoms with Crippen LogP contribution in [0.15, 0.2) is 4.52 Å². The summed E-state index contributed by atoms with van der Waals surface area (Å²) in [6.45, 7) is 20.6. The van der Waals surface area contributed by atoms with Crippen LogP contribution in [0.3, 0.4) is 0 Å². The SMILES string of the molecule is CCn1nnnc1-c1onc(OC(C)C)c1CC(C(=O)OC(C)(C)C)N(C(=O)OC(C)(C)C)C(=O)OC(C)(C)C. The Hall–Kier alpha value is -3.71. The van der Waals surface area contributed by atoms with E-state index in [1.54, 1.807) is 76.2 Å². The van der Waals surface area contributed by atoms with E-state index in [2.05, 4.69) is 20.7 Å². The second kappa shape index (κ2) is 12.2. The molecular formula is C26H42N6O8. The Morgan fingerprint density at radius 3 is 1.88 bits per heavy atom. The van der Waals surface area contributed by atoms with E-state index in [9.17, 15) is 14.4 Å². The van der Waals surface area contributed by atoms with Crippen LogP contribution >= 0.6 is 0 Å². The van der Waals surface area contributed by atoms with E-state index in [0.29, 0.717) is 11.4 Å². The maximum absolute atomic E-state index is 13.7. The van der Waals surface area contributed by atoms with Crippen molar-refractivity contribution in [2.45, 2.75) is 125 Å². The highest BCUT2D eigenvalue weighted by Gasteiger charge is 2.44. The van der Waals surface area contributed by atoms with E-state index in [0.717, 1.165) is 0 Å². The lowest BCUT2D eigenvalue weighted by atomic mass is 10.0. The topological polar surface area (TPSA) is 161 Å². The largest absolute Gasteiger partial charge is 0.473 e. The summed E-state index contributed by atoms with van der Waals surface area (Å²) >= 11 is 0. The van der Waals surface area contributed by atoms with Crippen molar-refractivity contribution in [2.75, 3.05) is 0 Å². The minimum atomic E-state index is -1.57. The molecule has 0 aliphatic rings. The van der Waals surface area contributed by atoms with Crippen molar-refractivity contribution in [2.24, 2.45) is 0 Å². The molecule has 0 bridgehead atoms. The maximum atomic E-state index is 13.7. The zero-order valence-corrected chi connectivity index (χ0v) is 25.5. The molecule has 2 rings (SSSR count). The monoisotopic (exact) mass is 566 g/mol. The summed E-state index contributed by atoms with van der Waals surface area (Å²) in [6, 6.07) is -1.57. The molecule has 224 valence electrons. The predicted octanol–water partition coefficient (Wildman–Crippen LogP) is 4.56. The molecule has 2 heterocycles. The fraction of sp³-hybridized carbons (Fsp3) is 0.731. The molecule has 1 unspecified atom stereocenters. The molecule has 0 radical (unpaired) electrons. The van der Waals surface area contributed by atoms with Crippen molar-refractivity contribution in [3.05, 3.63) is 5.56 Å². The van der Waals surface area contributed by atoms with Crippen LogP contribution in [-0.2, 0) is 32.0 Å². The number of ether oxygens (including phenoxy) is 4. The summed E-state index contributed by atoms with van der Waals surface area (Å²) < 4.78 is 29.6. The van der Waals surface area contributed by atoms with Gasteiger partial charge in [-0.15, -0.1) is 5.10 Å². The Balaban J connectivity index is 2.76. The van der Waals surface area contributed by atoms with E-state index in [4.69, 9.17) is 23.5 Å². The molecule has 0 saturated heterocycles. The second-order valence-electron chi connectivity index (χ2n) is 12.4. The number of amides is 2. The van der Waals surface area contributed by atoms with Gasteiger partial charge in [0.15, 0.2) is 0 Å². The molecule has 0 aliphatic heterocycles. The molecule has 0 N–H and O–H groups in total. The fourth-order valence-corrected chi connectivity index (χ4v) is 3.34. The number of imide groups is 1. The minimum absolute atomic E-state index is 0.0394. The van der Waals surface area contributed by atoms with Crippen LogP contribution in [0.25, 0.3) is 11.6 Å². The highest BCUT2D eigenvalue weighted by Crippen LogP contribution is 2.33. The molecule has 0 fully saturated rings. The number of nitrogens with zero attached hydrogens (tertiary/aromatic N) is 6. The number of carbonyl (C=O) groups is 3. The van der Waals surface area contributed by atoms with Gasteiger partial charge in [-0.05, 0) is 98.7 Å². The Labute approximate surface area is 234 Å². The van der Waals surface area contributed by atoms with Crippen LogP contribution in [0.2, 0.25) is 0 Å². The number of carbonyl (C=O) groups excluding carboxylic acids is 3. The summed E-state index contributed by atoms with van der Waals surface area (Å²) in [7, 11) is 0. The van der Waals surface area contributed by atoms with Crippen LogP contribution in [0.4, 0.5) is 9.59 Å². The quantitative estimate of drug-likeness (QED) is 0.324. The smallest absolute Gasteiger partial charge is 0.420 e. The van der Waals surface area contributed by atoms with Gasteiger partial charge in [-0.1, -0.05) is 0 Å². The number of hydrogen-bond donors (Lipinski definition) is 0. The highest BCUT2D eigenvalue weighted by atomic mass is 16.6. The molecule has 0 spiro atoms. The van der Waals surface area contributed by atoms with Crippen molar-refractivity contribution in [1.29, 1.82) is 0 Å². The van der Waals surface area contributed by atoms with Gasteiger partial charge in [0.2, 0.25) is 11.6 Å². The summed E-state index contributed by atoms with van der Waals surface area (Å²) in [5.74, 6) is -0.531. The third kappa shape index (κ3) is 9.19. The van der Waals surface area contributed by atoms with E-state index >= 15 is 0 Å². The van der Waals surface area contributed by atoms with Gasteiger partial charge in [0, 0.05) is 13.0 Å². The minimum Gasteiger partial charge on any atom is -0.473 e. The molecule has 40 heavy (non-hydrogen) atoms. The molecule has 2 amide bonds. The summed E-state index contributed by atoms with van der Waals surface area (Å²) in [5, 5.41) is 15.7. The van der Waals surface area contributed by atoms with Gasteiger partial charge in [-0.2, -0.15) is 4.90 Å². The average Bonchev–Trinajstić information content (AvgIpc) is 3.35. The highest BCUT2D eigenvalue weighted by molar-refractivity contribution is 5.94. The number of aryl methyl sites for hydroxylation is 1. The van der Waals surface area contributed by atoms with E-state index in [1.165, 1.54) is 4.68 Å². The summed E-state index contributed by atoms with van der Waals surface area (Å²) in [4.78, 5) is 41.3. The lowest BCUT2D eigenvalue weighted by molar-refractivity contribution is -0.161. The lowest BCUT2D eigenvalue weighted by Gasteiger charge is -2.33. The van der Waals surface area contributed by atoms with Crippen molar-refractivity contribution < 1.29 is 37.9 Å². The number of hydrogen-bond acceptors (Lipinski definition) is 12. The van der Waals surface area contributed by atoms with Crippen LogP contribution < -0.4 is 4.74 Å². The lowest BCUT2D eigenvalue weighted by Crippen LogP contribution is -2.54. The van der Waals surface area contributed by atoms with Gasteiger partial charge in [0.1, 0.15) is 22.8 Å². The Kier molecular flexibility index (Phi) is 9.92. The zero-order chi connectivity index (χ0) is 30.6. The van der Waals surface area contributed by atoms with Gasteiger partial charge in [-0.3, -0.25) is 0 Å². The standard InChI is InChI=1S/C26H42N6O8/c1-13-31-19(27-29-30-31)18-16(20(28-40-18)36-15(2)3)14-17(21(33)37-24(4,5)6)32(22(34)38-25(7,8)9)23(35)39-26(10,11)12/h15,17H,13-14H2,1-12H3. The molecule has 14 nitrogen and oxygen atoms in total. The third-order valence-electron chi connectivity index (χ3n) is 4.70. The number of aromatic nitrogens is 5. The molecule has 0 aliphatic carbocycles. The Morgan fingerprint density at radius 2 is 1.43 bits per heavy atom. The van der Waals surface area contributed by atoms with Crippen LogP contribution in [0.5, 0.6) is 5.88 Å². The first-order valence-electron chi connectivity index (χ1n) is 13.1. The molecule has 1 atom stereocenters. The maximum Gasteiger partial charge on any atom is 0.420 e. The van der Waals surface area contributed by atoms with Gasteiger partial charge >= 0.3 is 18.2 Å². The molecule has 2 aromatic rings. The van der Waals surface area contributed by atoms with Gasteiger partial charge in [0.25, 0.3) is 5.88 Å². The fourth-order valence-electron chi connectivity index (χ4n) is 3.34. The van der Waals surface area contributed by atoms with E-state index in [-0.39, 0.29) is 35.6 Å². The van der Waals surface area contributed by atoms with Crippen molar-refractivity contribution in [3.63, 3.8) is 0 Å².